The normalized spacial score (nSPS) is 14.4. The number of carbonyl (C=O) groups excluding carboxylic acids is 1. The van der Waals surface area contributed by atoms with E-state index in [4.69, 9.17) is 14.2 Å². The highest BCUT2D eigenvalue weighted by Crippen LogP contribution is 2.37. The fourth-order valence-electron chi connectivity index (χ4n) is 4.30. The van der Waals surface area contributed by atoms with Crippen molar-refractivity contribution >= 4 is 22.6 Å². The number of aryl methyl sites for hydroxylation is 1. The summed E-state index contributed by atoms with van der Waals surface area (Å²) in [5.41, 5.74) is 3.91. The molecule has 7 heteroatoms. The van der Waals surface area contributed by atoms with Crippen molar-refractivity contribution in [2.24, 2.45) is 0 Å². The predicted octanol–water partition coefficient (Wildman–Crippen LogP) is 5.85. The molecule has 5 rings (SSSR count). The van der Waals surface area contributed by atoms with Crippen LogP contribution in [-0.2, 0) is 6.42 Å². The lowest BCUT2D eigenvalue weighted by atomic mass is 10.1. The first-order valence-corrected chi connectivity index (χ1v) is 11.1. The summed E-state index contributed by atoms with van der Waals surface area (Å²) in [7, 11) is 3.18. The molecule has 7 nitrogen and oxygen atoms in total. The van der Waals surface area contributed by atoms with Crippen molar-refractivity contribution in [2.75, 3.05) is 19.5 Å². The van der Waals surface area contributed by atoms with Crippen molar-refractivity contribution in [1.82, 2.24) is 10.3 Å². The number of ether oxygens (including phenoxy) is 3. The van der Waals surface area contributed by atoms with Gasteiger partial charge in [0.05, 0.1) is 25.8 Å². The maximum Gasteiger partial charge on any atom is 0.319 e. The molecule has 4 aromatic rings. The molecule has 1 aliphatic carbocycles. The lowest BCUT2D eigenvalue weighted by Crippen LogP contribution is -2.31. The second-order valence-electron chi connectivity index (χ2n) is 8.05. The van der Waals surface area contributed by atoms with E-state index in [1.165, 1.54) is 11.1 Å². The van der Waals surface area contributed by atoms with Gasteiger partial charge in [0.25, 0.3) is 0 Å². The van der Waals surface area contributed by atoms with Gasteiger partial charge in [-0.2, -0.15) is 0 Å². The highest BCUT2D eigenvalue weighted by molar-refractivity contribution is 5.90. The molecule has 0 saturated heterocycles. The summed E-state index contributed by atoms with van der Waals surface area (Å²) < 4.78 is 16.9. The number of pyridine rings is 1. The number of aromatic nitrogens is 1. The predicted molar refractivity (Wildman–Crippen MR) is 131 cm³/mol. The first-order valence-electron chi connectivity index (χ1n) is 11.1. The summed E-state index contributed by atoms with van der Waals surface area (Å²) in [6.45, 7) is 0. The largest absolute Gasteiger partial charge is 0.493 e. The maximum absolute atomic E-state index is 12.5. The number of hydrogen-bond acceptors (Lipinski definition) is 5. The van der Waals surface area contributed by atoms with Gasteiger partial charge in [-0.1, -0.05) is 24.3 Å². The third kappa shape index (κ3) is 4.32. The van der Waals surface area contributed by atoms with E-state index < -0.39 is 0 Å². The zero-order valence-electron chi connectivity index (χ0n) is 19.0. The minimum atomic E-state index is -0.225. The molecule has 0 radical (unpaired) electrons. The summed E-state index contributed by atoms with van der Waals surface area (Å²) in [6.07, 6.45) is 3.58. The van der Waals surface area contributed by atoms with E-state index in [2.05, 4.69) is 27.8 Å². The van der Waals surface area contributed by atoms with E-state index in [0.717, 1.165) is 23.7 Å². The number of carbonyl (C=O) groups is 1. The zero-order valence-corrected chi connectivity index (χ0v) is 19.0. The van der Waals surface area contributed by atoms with Crippen molar-refractivity contribution in [2.45, 2.75) is 18.9 Å². The van der Waals surface area contributed by atoms with Gasteiger partial charge in [0.2, 0.25) is 0 Å². The van der Waals surface area contributed by atoms with Crippen LogP contribution in [0.2, 0.25) is 0 Å². The van der Waals surface area contributed by atoms with Gasteiger partial charge in [0.1, 0.15) is 11.5 Å². The lowest BCUT2D eigenvalue weighted by molar-refractivity contribution is 0.248. The van der Waals surface area contributed by atoms with Crippen LogP contribution in [0.1, 0.15) is 23.6 Å². The smallest absolute Gasteiger partial charge is 0.319 e. The van der Waals surface area contributed by atoms with E-state index in [-0.39, 0.29) is 12.1 Å². The average Bonchev–Trinajstić information content (AvgIpc) is 3.27. The fraction of sp³-hybridized carbons (Fsp3) is 0.185. The van der Waals surface area contributed by atoms with Gasteiger partial charge in [-0.15, -0.1) is 0 Å². The third-order valence-electron chi connectivity index (χ3n) is 5.99. The summed E-state index contributed by atoms with van der Waals surface area (Å²) in [4.78, 5) is 16.9. The van der Waals surface area contributed by atoms with Crippen LogP contribution < -0.4 is 24.8 Å². The Kier molecular flexibility index (Phi) is 5.91. The molecule has 34 heavy (non-hydrogen) atoms. The van der Waals surface area contributed by atoms with Crippen LogP contribution in [0.5, 0.6) is 23.0 Å². The highest BCUT2D eigenvalue weighted by Gasteiger charge is 2.23. The Hall–Kier alpha value is -4.26. The van der Waals surface area contributed by atoms with Crippen molar-refractivity contribution < 1.29 is 19.0 Å². The molecular weight excluding hydrogens is 430 g/mol. The number of nitrogens with one attached hydrogen (secondary N) is 2. The van der Waals surface area contributed by atoms with Crippen molar-refractivity contribution in [1.29, 1.82) is 0 Å². The minimum Gasteiger partial charge on any atom is -0.493 e. The molecular formula is C27H25N3O4. The molecule has 0 aliphatic heterocycles. The maximum atomic E-state index is 12.5. The lowest BCUT2D eigenvalue weighted by Gasteiger charge is -2.15. The first-order chi connectivity index (χ1) is 16.6. The Labute approximate surface area is 197 Å². The van der Waals surface area contributed by atoms with Crippen LogP contribution in [-0.4, -0.2) is 25.2 Å². The zero-order chi connectivity index (χ0) is 23.5. The number of amides is 2. The standard InChI is InChI=1S/C27H25N3O4/c1-32-25-15-21-23(16-26(25)33-2)28-14-13-24(21)34-19-10-8-18(9-11-19)29-27(31)30-22-12-7-17-5-3-4-6-20(17)22/h3-6,8-11,13-16,22H,7,12H2,1-2H3,(H2,29,30,31). The van der Waals surface area contributed by atoms with E-state index >= 15 is 0 Å². The van der Waals surface area contributed by atoms with Crippen LogP contribution in [0.4, 0.5) is 10.5 Å². The minimum absolute atomic E-state index is 0.0365. The number of methoxy groups -OCH3 is 2. The van der Waals surface area contributed by atoms with Crippen molar-refractivity contribution in [3.8, 4) is 23.0 Å². The molecule has 2 amide bonds. The summed E-state index contributed by atoms with van der Waals surface area (Å²) >= 11 is 0. The molecule has 1 unspecified atom stereocenters. The van der Waals surface area contributed by atoms with Gasteiger partial charge in [-0.05, 0) is 60.4 Å². The van der Waals surface area contributed by atoms with Crippen LogP contribution in [0.3, 0.4) is 0 Å². The Morgan fingerprint density at radius 3 is 2.50 bits per heavy atom. The molecule has 0 fully saturated rings. The van der Waals surface area contributed by atoms with Crippen LogP contribution in [0.25, 0.3) is 10.9 Å². The Balaban J connectivity index is 1.27. The molecule has 3 aromatic carbocycles. The number of fused-ring (bicyclic) bond motifs is 2. The number of benzene rings is 3. The fourth-order valence-corrected chi connectivity index (χ4v) is 4.30. The van der Waals surface area contributed by atoms with Gasteiger partial charge in [0, 0.05) is 23.3 Å². The first kappa shape index (κ1) is 21.6. The summed E-state index contributed by atoms with van der Waals surface area (Å²) in [5.74, 6) is 2.49. The molecule has 0 saturated carbocycles. The Morgan fingerprint density at radius 1 is 0.941 bits per heavy atom. The van der Waals surface area contributed by atoms with Gasteiger partial charge < -0.3 is 24.8 Å². The summed E-state index contributed by atoms with van der Waals surface area (Å²) in [5, 5.41) is 6.77. The van der Waals surface area contributed by atoms with E-state index in [1.54, 1.807) is 26.5 Å². The van der Waals surface area contributed by atoms with Crippen LogP contribution in [0, 0.1) is 0 Å². The van der Waals surface area contributed by atoms with Crippen LogP contribution >= 0.6 is 0 Å². The third-order valence-corrected chi connectivity index (χ3v) is 5.99. The van der Waals surface area contributed by atoms with E-state index in [9.17, 15) is 4.79 Å². The van der Waals surface area contributed by atoms with Gasteiger partial charge >= 0.3 is 6.03 Å². The molecule has 1 aliphatic rings. The number of rotatable bonds is 6. The number of hydrogen-bond donors (Lipinski definition) is 2. The second kappa shape index (κ2) is 9.31. The van der Waals surface area contributed by atoms with Gasteiger partial charge in [-0.3, -0.25) is 4.98 Å². The van der Waals surface area contributed by atoms with E-state index in [1.807, 2.05) is 48.5 Å². The Bertz CT molecular complexity index is 1340. The van der Waals surface area contributed by atoms with Gasteiger partial charge in [-0.25, -0.2) is 4.79 Å². The molecule has 2 N–H and O–H groups in total. The van der Waals surface area contributed by atoms with Crippen molar-refractivity contribution in [3.05, 3.63) is 84.1 Å². The highest BCUT2D eigenvalue weighted by atomic mass is 16.5. The molecule has 1 atom stereocenters. The Morgan fingerprint density at radius 2 is 1.71 bits per heavy atom. The average molecular weight is 456 g/mol. The number of nitrogens with zero attached hydrogens (tertiary/aromatic N) is 1. The molecule has 1 heterocycles. The topological polar surface area (TPSA) is 81.7 Å². The molecule has 172 valence electrons. The molecule has 0 bridgehead atoms. The number of urea groups is 1. The second-order valence-corrected chi connectivity index (χ2v) is 8.05. The van der Waals surface area contributed by atoms with Crippen molar-refractivity contribution in [3.63, 3.8) is 0 Å². The van der Waals surface area contributed by atoms with E-state index in [0.29, 0.717) is 28.7 Å². The van der Waals surface area contributed by atoms with Gasteiger partial charge in [0.15, 0.2) is 11.5 Å². The summed E-state index contributed by atoms with van der Waals surface area (Å²) in [6, 6.07) is 20.8. The quantitative estimate of drug-likeness (QED) is 0.381. The molecule has 1 aromatic heterocycles. The van der Waals surface area contributed by atoms with Crippen LogP contribution in [0.15, 0.2) is 72.9 Å². The monoisotopic (exact) mass is 455 g/mol. The SMILES string of the molecule is COc1cc2nccc(Oc3ccc(NC(=O)NC4CCc5ccccc54)cc3)c2cc1OC. The molecule has 0 spiro atoms. The number of anilines is 1.